The van der Waals surface area contributed by atoms with Gasteiger partial charge in [-0.05, 0) is 30.9 Å². The molecule has 2 aromatic rings. The summed E-state index contributed by atoms with van der Waals surface area (Å²) in [6.45, 7) is 1.92. The number of thiol groups is 1. The molecule has 0 spiro atoms. The number of aryl methyl sites for hydroxylation is 1. The molecule has 36 heavy (non-hydrogen) atoms. The lowest BCUT2D eigenvalue weighted by molar-refractivity contribution is 0.0475. The fourth-order valence-electron chi connectivity index (χ4n) is 5.45. The number of carbonyl (C=O) groups excluding carboxylic acids is 1. The van der Waals surface area contributed by atoms with Gasteiger partial charge in [-0.2, -0.15) is 16.9 Å². The van der Waals surface area contributed by atoms with Gasteiger partial charge in [-0.25, -0.2) is 12.8 Å². The number of ether oxygens (including phenoxy) is 1. The number of nitrogens with zero attached hydrogens (tertiary/aromatic N) is 5. The van der Waals surface area contributed by atoms with Gasteiger partial charge in [-0.15, -0.1) is 17.5 Å². The zero-order valence-electron chi connectivity index (χ0n) is 20.5. The van der Waals surface area contributed by atoms with Crippen LogP contribution >= 0.6 is 25.0 Å². The largest absolute Gasteiger partial charge is 0.496 e. The number of rotatable bonds is 9. The average molecular weight is 562 g/mol. The van der Waals surface area contributed by atoms with Crippen LogP contribution in [0.3, 0.4) is 0 Å². The van der Waals surface area contributed by atoms with Crippen molar-refractivity contribution in [3.05, 3.63) is 35.3 Å². The molecule has 1 aromatic carbocycles. The van der Waals surface area contributed by atoms with Gasteiger partial charge in [0.2, 0.25) is 5.03 Å². The maximum absolute atomic E-state index is 13.9. The van der Waals surface area contributed by atoms with E-state index in [1.807, 2.05) is 0 Å². The zero-order chi connectivity index (χ0) is 25.2. The first-order chi connectivity index (χ1) is 16.7. The number of ketones is 1. The van der Waals surface area contributed by atoms with E-state index in [0.717, 1.165) is 25.7 Å². The van der Waals surface area contributed by atoms with Crippen LogP contribution in [0.1, 0.15) is 54.4 Å². The van der Waals surface area contributed by atoms with E-state index in [2.05, 4.69) is 27.8 Å². The maximum atomic E-state index is 13.9. The molecular formula is C23H33ClFN5O4S2. The van der Waals surface area contributed by atoms with Crippen molar-refractivity contribution in [1.82, 2.24) is 24.2 Å². The van der Waals surface area contributed by atoms with E-state index in [1.165, 1.54) is 34.4 Å². The predicted octanol–water partition coefficient (Wildman–Crippen LogP) is 3.10. The van der Waals surface area contributed by atoms with Crippen LogP contribution in [-0.4, -0.2) is 77.2 Å². The van der Waals surface area contributed by atoms with Crippen LogP contribution in [0.2, 0.25) is 0 Å². The Bertz CT molecular complexity index is 1150. The van der Waals surface area contributed by atoms with E-state index in [-0.39, 0.29) is 40.3 Å². The van der Waals surface area contributed by atoms with E-state index in [1.54, 1.807) is 7.05 Å². The molecule has 9 nitrogen and oxygen atoms in total. The van der Waals surface area contributed by atoms with Crippen LogP contribution in [-0.2, 0) is 22.8 Å². The Balaban J connectivity index is 0.00000361. The second-order valence-corrected chi connectivity index (χ2v) is 11.5. The van der Waals surface area contributed by atoms with Gasteiger partial charge in [0, 0.05) is 57.0 Å². The summed E-state index contributed by atoms with van der Waals surface area (Å²) in [4.78, 5) is 15.6. The molecule has 1 aromatic heterocycles. The number of aromatic nitrogens is 3. The molecule has 1 aliphatic heterocycles. The van der Waals surface area contributed by atoms with Crippen LogP contribution in [0, 0.1) is 5.82 Å². The molecule has 0 N–H and O–H groups in total. The highest BCUT2D eigenvalue weighted by Crippen LogP contribution is 2.40. The topological polar surface area (TPSA) is 97.6 Å². The minimum absolute atomic E-state index is 0. The second-order valence-electron chi connectivity index (χ2n) is 9.28. The molecule has 0 bridgehead atoms. The van der Waals surface area contributed by atoms with Crippen molar-refractivity contribution in [2.24, 2.45) is 7.05 Å². The Labute approximate surface area is 223 Å². The lowest BCUT2D eigenvalue weighted by Crippen LogP contribution is -2.57. The molecule has 0 unspecified atom stereocenters. The molecule has 0 radical (unpaired) electrons. The highest BCUT2D eigenvalue weighted by Gasteiger charge is 2.42. The highest BCUT2D eigenvalue weighted by molar-refractivity contribution is 7.89. The number of hydrogen-bond acceptors (Lipinski definition) is 8. The fourth-order valence-corrected chi connectivity index (χ4v) is 7.03. The quantitative estimate of drug-likeness (QED) is 0.371. The molecule has 4 rings (SSSR count). The monoisotopic (exact) mass is 561 g/mol. The molecule has 1 saturated heterocycles. The molecule has 13 heteroatoms. The fraction of sp³-hybridized carbons (Fsp3) is 0.609. The Hall–Kier alpha value is -1.73. The normalized spacial score (nSPS) is 18.7. The Morgan fingerprint density at radius 1 is 1.19 bits per heavy atom. The third kappa shape index (κ3) is 5.72. The van der Waals surface area contributed by atoms with Gasteiger partial charge in [0.1, 0.15) is 11.6 Å². The van der Waals surface area contributed by atoms with Gasteiger partial charge in [-0.3, -0.25) is 14.4 Å². The molecule has 1 aliphatic carbocycles. The first kappa shape index (κ1) is 28.8. The molecule has 1 saturated carbocycles. The molecule has 2 fully saturated rings. The summed E-state index contributed by atoms with van der Waals surface area (Å²) in [6.07, 6.45) is 6.47. The predicted molar refractivity (Wildman–Crippen MR) is 139 cm³/mol. The van der Waals surface area contributed by atoms with Crippen molar-refractivity contribution >= 4 is 40.8 Å². The van der Waals surface area contributed by atoms with Crippen molar-refractivity contribution < 1.29 is 22.3 Å². The Morgan fingerprint density at radius 3 is 2.42 bits per heavy atom. The molecule has 0 atom stereocenters. The number of piperazine rings is 1. The minimum Gasteiger partial charge on any atom is -0.496 e. The number of hydrogen-bond donors (Lipinski definition) is 1. The SMILES string of the molecule is COc1cc(F)cc(CS)c1C(=O)CCC1(N2CCN(S(=O)(=O)c3cn(C)nn3)CC2)CCCC1.Cl. The molecule has 0 amide bonds. The Morgan fingerprint density at radius 2 is 1.86 bits per heavy atom. The standard InChI is InChI=1S/C23H32FN5O4S2.ClH/c1-27-15-21(25-26-27)35(31,32)29-11-9-28(10-12-29)23(6-3-4-7-23)8-5-19(30)22-17(16-34)13-18(24)14-20(22)33-2;/h13-15,34H,3-12,16H2,1-2H3;1H. The number of halogens is 2. The van der Waals surface area contributed by atoms with Crippen molar-refractivity contribution in [3.8, 4) is 5.75 Å². The van der Waals surface area contributed by atoms with E-state index < -0.39 is 15.8 Å². The van der Waals surface area contributed by atoms with E-state index >= 15 is 0 Å². The summed E-state index contributed by atoms with van der Waals surface area (Å²) in [6, 6.07) is 2.58. The smallest absolute Gasteiger partial charge is 0.264 e. The average Bonchev–Trinajstić information content (AvgIpc) is 3.52. The van der Waals surface area contributed by atoms with Crippen molar-refractivity contribution in [2.75, 3.05) is 33.3 Å². The summed E-state index contributed by atoms with van der Waals surface area (Å²) < 4.78 is 47.9. The Kier molecular flexibility index (Phi) is 9.42. The lowest BCUT2D eigenvalue weighted by atomic mass is 9.86. The van der Waals surface area contributed by atoms with Gasteiger partial charge in [0.05, 0.1) is 18.9 Å². The van der Waals surface area contributed by atoms with Gasteiger partial charge in [0.15, 0.2) is 5.78 Å². The van der Waals surface area contributed by atoms with Crippen LogP contribution in [0.15, 0.2) is 23.4 Å². The van der Waals surface area contributed by atoms with E-state index in [9.17, 15) is 17.6 Å². The summed E-state index contributed by atoms with van der Waals surface area (Å²) in [5, 5.41) is 7.48. The summed E-state index contributed by atoms with van der Waals surface area (Å²) in [7, 11) is -0.616. The summed E-state index contributed by atoms with van der Waals surface area (Å²) >= 11 is 4.28. The van der Waals surface area contributed by atoms with Gasteiger partial charge in [-0.1, -0.05) is 18.1 Å². The first-order valence-electron chi connectivity index (χ1n) is 11.8. The minimum atomic E-state index is -3.68. The molecule has 2 aliphatic rings. The number of sulfonamides is 1. The zero-order valence-corrected chi connectivity index (χ0v) is 23.0. The molecular weight excluding hydrogens is 529 g/mol. The number of methoxy groups -OCH3 is 1. The summed E-state index contributed by atoms with van der Waals surface area (Å²) in [5.41, 5.74) is 0.780. The highest BCUT2D eigenvalue weighted by atomic mass is 35.5. The second kappa shape index (κ2) is 11.8. The van der Waals surface area contributed by atoms with Crippen molar-refractivity contribution in [2.45, 2.75) is 54.8 Å². The van der Waals surface area contributed by atoms with E-state index in [4.69, 9.17) is 4.74 Å². The van der Waals surface area contributed by atoms with Crippen LogP contribution < -0.4 is 4.74 Å². The van der Waals surface area contributed by atoms with Crippen LogP contribution in [0.5, 0.6) is 5.75 Å². The molecule has 2 heterocycles. The summed E-state index contributed by atoms with van der Waals surface area (Å²) in [5.74, 6) is -0.0600. The number of carbonyl (C=O) groups is 1. The van der Waals surface area contributed by atoms with Gasteiger partial charge in [0.25, 0.3) is 10.0 Å². The van der Waals surface area contributed by atoms with Gasteiger partial charge >= 0.3 is 0 Å². The van der Waals surface area contributed by atoms with Crippen LogP contribution in [0.25, 0.3) is 0 Å². The van der Waals surface area contributed by atoms with Crippen LogP contribution in [0.4, 0.5) is 4.39 Å². The number of Topliss-reactive ketones (excluding diaryl/α,β-unsaturated/α-hetero) is 1. The van der Waals surface area contributed by atoms with Crippen molar-refractivity contribution in [3.63, 3.8) is 0 Å². The third-order valence-electron chi connectivity index (χ3n) is 7.26. The number of benzene rings is 1. The maximum Gasteiger partial charge on any atom is 0.264 e. The molecule has 200 valence electrons. The van der Waals surface area contributed by atoms with Gasteiger partial charge < -0.3 is 4.74 Å². The van der Waals surface area contributed by atoms with Crippen molar-refractivity contribution in [1.29, 1.82) is 0 Å². The third-order valence-corrected chi connectivity index (χ3v) is 9.37. The van der Waals surface area contributed by atoms with E-state index in [0.29, 0.717) is 50.1 Å². The first-order valence-corrected chi connectivity index (χ1v) is 13.9. The lowest BCUT2D eigenvalue weighted by Gasteiger charge is -2.45.